The van der Waals surface area contributed by atoms with E-state index in [0.717, 1.165) is 24.8 Å². The fourth-order valence-electron chi connectivity index (χ4n) is 2.60. The van der Waals surface area contributed by atoms with E-state index in [1.807, 2.05) is 13.0 Å². The smallest absolute Gasteiger partial charge is 0.260 e. The highest BCUT2D eigenvalue weighted by Gasteiger charge is 2.42. The molecule has 0 radical (unpaired) electrons. The van der Waals surface area contributed by atoms with Crippen molar-refractivity contribution in [2.24, 2.45) is 5.41 Å². The first-order chi connectivity index (χ1) is 8.97. The molecule has 2 amide bonds. The lowest BCUT2D eigenvalue weighted by molar-refractivity contribution is -0.135. The predicted octanol–water partition coefficient (Wildman–Crippen LogP) is 3.03. The van der Waals surface area contributed by atoms with Gasteiger partial charge < -0.3 is 0 Å². The molecule has 0 spiro atoms. The molecule has 0 aromatic heterocycles. The van der Waals surface area contributed by atoms with Crippen molar-refractivity contribution < 1.29 is 9.59 Å². The van der Waals surface area contributed by atoms with Crippen molar-refractivity contribution in [1.29, 1.82) is 0 Å². The fourth-order valence-corrected chi connectivity index (χ4v) is 2.60. The van der Waals surface area contributed by atoms with Gasteiger partial charge in [-0.1, -0.05) is 30.4 Å². The zero-order valence-electron chi connectivity index (χ0n) is 11.5. The largest absolute Gasteiger partial charge is 0.281 e. The summed E-state index contributed by atoms with van der Waals surface area (Å²) in [6, 6.07) is 8.87. The van der Waals surface area contributed by atoms with Crippen molar-refractivity contribution in [3.05, 3.63) is 48.0 Å². The SMILES string of the molecule is C=C1CCC[C@@]1(C)C(=O)N(C)C(=O)c1ccccc1. The molecule has 100 valence electrons. The second kappa shape index (κ2) is 5.00. The molecule has 1 aliphatic rings. The Kier molecular flexibility index (Phi) is 3.56. The van der Waals surface area contributed by atoms with Crippen molar-refractivity contribution in [3.63, 3.8) is 0 Å². The third kappa shape index (κ3) is 2.33. The van der Waals surface area contributed by atoms with Crippen molar-refractivity contribution in [3.8, 4) is 0 Å². The minimum absolute atomic E-state index is 0.149. The Hall–Kier alpha value is -1.90. The molecule has 1 saturated carbocycles. The average Bonchev–Trinajstić information content (AvgIpc) is 2.78. The molecule has 0 unspecified atom stereocenters. The summed E-state index contributed by atoms with van der Waals surface area (Å²) in [6.45, 7) is 5.87. The Morgan fingerprint density at radius 1 is 1.26 bits per heavy atom. The highest BCUT2D eigenvalue weighted by Crippen LogP contribution is 2.42. The number of benzene rings is 1. The molecule has 0 heterocycles. The average molecular weight is 257 g/mol. The van der Waals surface area contributed by atoms with Crippen molar-refractivity contribution in [2.45, 2.75) is 26.2 Å². The van der Waals surface area contributed by atoms with Crippen molar-refractivity contribution in [2.75, 3.05) is 7.05 Å². The minimum atomic E-state index is -0.584. The van der Waals surface area contributed by atoms with Gasteiger partial charge in [-0.3, -0.25) is 14.5 Å². The number of rotatable bonds is 2. The van der Waals surface area contributed by atoms with Crippen molar-refractivity contribution in [1.82, 2.24) is 4.90 Å². The van der Waals surface area contributed by atoms with Crippen LogP contribution in [0.1, 0.15) is 36.5 Å². The molecule has 1 aromatic rings. The van der Waals surface area contributed by atoms with Gasteiger partial charge in [-0.2, -0.15) is 0 Å². The Bertz CT molecular complexity index is 521. The van der Waals surface area contributed by atoms with Crippen LogP contribution in [0.4, 0.5) is 0 Å². The van der Waals surface area contributed by atoms with Crippen LogP contribution >= 0.6 is 0 Å². The molecule has 3 nitrogen and oxygen atoms in total. The second-order valence-corrected chi connectivity index (χ2v) is 5.32. The summed E-state index contributed by atoms with van der Waals surface area (Å²) < 4.78 is 0. The predicted molar refractivity (Wildman–Crippen MR) is 74.6 cm³/mol. The van der Waals surface area contributed by atoms with E-state index in [-0.39, 0.29) is 11.8 Å². The van der Waals surface area contributed by atoms with Crippen LogP contribution in [-0.4, -0.2) is 23.8 Å². The van der Waals surface area contributed by atoms with Gasteiger partial charge in [0.05, 0.1) is 5.41 Å². The molecular formula is C16H19NO2. The van der Waals surface area contributed by atoms with Gasteiger partial charge >= 0.3 is 0 Å². The lowest BCUT2D eigenvalue weighted by Crippen LogP contribution is -2.42. The lowest BCUT2D eigenvalue weighted by atomic mass is 9.83. The maximum absolute atomic E-state index is 12.5. The normalized spacial score (nSPS) is 22.3. The van der Waals surface area contributed by atoms with E-state index in [1.54, 1.807) is 31.3 Å². The Labute approximate surface area is 113 Å². The molecule has 3 heteroatoms. The topological polar surface area (TPSA) is 37.4 Å². The number of imide groups is 1. The number of nitrogens with zero attached hydrogens (tertiary/aromatic N) is 1. The molecule has 1 aromatic carbocycles. The van der Waals surface area contributed by atoms with E-state index in [0.29, 0.717) is 5.56 Å². The third-order valence-electron chi connectivity index (χ3n) is 4.04. The highest BCUT2D eigenvalue weighted by atomic mass is 16.2. The number of amides is 2. The number of carbonyl (C=O) groups excluding carboxylic acids is 2. The Morgan fingerprint density at radius 3 is 2.42 bits per heavy atom. The van der Waals surface area contributed by atoms with E-state index in [2.05, 4.69) is 6.58 Å². The maximum Gasteiger partial charge on any atom is 0.260 e. The molecule has 0 bridgehead atoms. The molecule has 2 rings (SSSR count). The fraction of sp³-hybridized carbons (Fsp3) is 0.375. The van der Waals surface area contributed by atoms with Gasteiger partial charge in [-0.15, -0.1) is 0 Å². The van der Waals surface area contributed by atoms with Gasteiger partial charge in [0, 0.05) is 12.6 Å². The van der Waals surface area contributed by atoms with Crippen LogP contribution in [0.3, 0.4) is 0 Å². The molecule has 0 aliphatic heterocycles. The molecule has 0 saturated heterocycles. The van der Waals surface area contributed by atoms with Gasteiger partial charge in [0.1, 0.15) is 0 Å². The van der Waals surface area contributed by atoms with Crippen LogP contribution in [0.2, 0.25) is 0 Å². The minimum Gasteiger partial charge on any atom is -0.281 e. The van der Waals surface area contributed by atoms with Gasteiger partial charge in [0.2, 0.25) is 5.91 Å². The van der Waals surface area contributed by atoms with Crippen LogP contribution in [0.15, 0.2) is 42.5 Å². The monoisotopic (exact) mass is 257 g/mol. The van der Waals surface area contributed by atoms with Gasteiger partial charge in [0.15, 0.2) is 0 Å². The van der Waals surface area contributed by atoms with Crippen LogP contribution in [0.25, 0.3) is 0 Å². The van der Waals surface area contributed by atoms with Gasteiger partial charge in [-0.25, -0.2) is 0 Å². The summed E-state index contributed by atoms with van der Waals surface area (Å²) in [4.78, 5) is 26.0. The molecule has 19 heavy (non-hydrogen) atoms. The zero-order chi connectivity index (χ0) is 14.0. The Morgan fingerprint density at radius 2 is 1.89 bits per heavy atom. The first kappa shape index (κ1) is 13.5. The van der Waals surface area contributed by atoms with Gasteiger partial charge in [-0.05, 0) is 38.3 Å². The number of hydrogen-bond acceptors (Lipinski definition) is 2. The molecule has 1 fully saturated rings. The zero-order valence-corrected chi connectivity index (χ0v) is 11.5. The quantitative estimate of drug-likeness (QED) is 0.603. The van der Waals surface area contributed by atoms with E-state index in [9.17, 15) is 9.59 Å². The van der Waals surface area contributed by atoms with E-state index in [4.69, 9.17) is 0 Å². The third-order valence-corrected chi connectivity index (χ3v) is 4.04. The first-order valence-corrected chi connectivity index (χ1v) is 6.52. The van der Waals surface area contributed by atoms with Crippen LogP contribution in [0, 0.1) is 5.41 Å². The van der Waals surface area contributed by atoms with Crippen LogP contribution in [0.5, 0.6) is 0 Å². The maximum atomic E-state index is 12.5. The van der Waals surface area contributed by atoms with Crippen LogP contribution < -0.4 is 0 Å². The van der Waals surface area contributed by atoms with E-state index in [1.165, 1.54) is 4.90 Å². The highest BCUT2D eigenvalue weighted by molar-refractivity contribution is 6.06. The van der Waals surface area contributed by atoms with Gasteiger partial charge in [0.25, 0.3) is 5.91 Å². The van der Waals surface area contributed by atoms with E-state index >= 15 is 0 Å². The second-order valence-electron chi connectivity index (χ2n) is 5.32. The molecule has 1 atom stereocenters. The Balaban J connectivity index is 2.20. The lowest BCUT2D eigenvalue weighted by Gasteiger charge is -2.29. The summed E-state index contributed by atoms with van der Waals surface area (Å²) >= 11 is 0. The summed E-state index contributed by atoms with van der Waals surface area (Å²) in [5, 5.41) is 0. The molecule has 0 N–H and O–H groups in total. The number of carbonyl (C=O) groups is 2. The summed E-state index contributed by atoms with van der Waals surface area (Å²) in [5.41, 5.74) is 0.884. The standard InChI is InChI=1S/C16H19NO2/c1-12-8-7-11-16(12,2)15(19)17(3)14(18)13-9-5-4-6-10-13/h4-6,9-10H,1,7-8,11H2,2-3H3/t16-/m1/s1. The summed E-state index contributed by atoms with van der Waals surface area (Å²) in [6.07, 6.45) is 2.61. The first-order valence-electron chi connectivity index (χ1n) is 6.52. The summed E-state index contributed by atoms with van der Waals surface area (Å²) in [5.74, 6) is -0.407. The number of hydrogen-bond donors (Lipinski definition) is 0. The van der Waals surface area contributed by atoms with E-state index < -0.39 is 5.41 Å². The summed E-state index contributed by atoms with van der Waals surface area (Å²) in [7, 11) is 1.55. The van der Waals surface area contributed by atoms with Crippen molar-refractivity contribution >= 4 is 11.8 Å². The van der Waals surface area contributed by atoms with Crippen LogP contribution in [-0.2, 0) is 4.79 Å². The molecular weight excluding hydrogens is 238 g/mol. The molecule has 1 aliphatic carbocycles.